The van der Waals surface area contributed by atoms with Gasteiger partial charge in [-0.15, -0.1) is 0 Å². The molecule has 1 atom stereocenters. The SMILES string of the molecule is Cn1ncc2c(NCC3CCCO3)ncnc21. The molecule has 1 saturated heterocycles. The van der Waals surface area contributed by atoms with Crippen molar-refractivity contribution < 1.29 is 4.74 Å². The Balaban J connectivity index is 1.79. The first kappa shape index (κ1) is 10.5. The molecule has 2 aromatic heterocycles. The smallest absolute Gasteiger partial charge is 0.163 e. The minimum absolute atomic E-state index is 0.302. The van der Waals surface area contributed by atoms with Crippen LogP contribution in [0.2, 0.25) is 0 Å². The van der Waals surface area contributed by atoms with E-state index in [-0.39, 0.29) is 0 Å². The van der Waals surface area contributed by atoms with Crippen LogP contribution < -0.4 is 5.32 Å². The second kappa shape index (κ2) is 4.29. The first-order valence-electron chi connectivity index (χ1n) is 5.83. The largest absolute Gasteiger partial charge is 0.376 e. The van der Waals surface area contributed by atoms with Crippen molar-refractivity contribution in [3.8, 4) is 0 Å². The van der Waals surface area contributed by atoms with E-state index < -0.39 is 0 Å². The Morgan fingerprint density at radius 1 is 1.53 bits per heavy atom. The number of nitrogens with one attached hydrogen (secondary N) is 1. The highest BCUT2D eigenvalue weighted by molar-refractivity contribution is 5.85. The minimum atomic E-state index is 0.302. The number of fused-ring (bicyclic) bond motifs is 1. The molecule has 0 saturated carbocycles. The van der Waals surface area contributed by atoms with E-state index in [4.69, 9.17) is 4.74 Å². The summed E-state index contributed by atoms with van der Waals surface area (Å²) < 4.78 is 7.31. The van der Waals surface area contributed by atoms with E-state index in [1.165, 1.54) is 0 Å². The third kappa shape index (κ3) is 1.95. The molecule has 6 heteroatoms. The third-order valence-corrected chi connectivity index (χ3v) is 3.05. The highest BCUT2D eigenvalue weighted by atomic mass is 16.5. The Morgan fingerprint density at radius 2 is 2.47 bits per heavy atom. The van der Waals surface area contributed by atoms with E-state index in [2.05, 4.69) is 20.4 Å². The summed E-state index contributed by atoms with van der Waals surface area (Å²) in [5, 5.41) is 8.44. The van der Waals surface area contributed by atoms with Gasteiger partial charge >= 0.3 is 0 Å². The zero-order valence-corrected chi connectivity index (χ0v) is 9.76. The molecule has 0 aromatic carbocycles. The van der Waals surface area contributed by atoms with Crippen molar-refractivity contribution in [3.63, 3.8) is 0 Å². The van der Waals surface area contributed by atoms with Gasteiger partial charge in [-0.25, -0.2) is 9.97 Å². The fraction of sp³-hybridized carbons (Fsp3) is 0.545. The standard InChI is InChI=1S/C11H15N5O/c1-16-11-9(6-15-16)10(13-7-14-11)12-5-8-3-2-4-17-8/h6-8H,2-5H2,1H3,(H,12,13,14). The number of hydrogen-bond donors (Lipinski definition) is 1. The Bertz CT molecular complexity index is 518. The summed E-state index contributed by atoms with van der Waals surface area (Å²) in [7, 11) is 1.87. The summed E-state index contributed by atoms with van der Waals surface area (Å²) in [6, 6.07) is 0. The van der Waals surface area contributed by atoms with Gasteiger partial charge in [0.05, 0.1) is 17.7 Å². The molecule has 0 radical (unpaired) electrons. The molecular formula is C11H15N5O. The molecule has 1 unspecified atom stereocenters. The average Bonchev–Trinajstić information content (AvgIpc) is 2.97. The summed E-state index contributed by atoms with van der Waals surface area (Å²) in [6.07, 6.45) is 5.92. The van der Waals surface area contributed by atoms with E-state index in [1.54, 1.807) is 17.2 Å². The van der Waals surface area contributed by atoms with Crippen LogP contribution in [0, 0.1) is 0 Å². The van der Waals surface area contributed by atoms with Crippen molar-refractivity contribution in [2.45, 2.75) is 18.9 Å². The monoisotopic (exact) mass is 233 g/mol. The Labute approximate surface area is 99.0 Å². The molecule has 2 aromatic rings. The van der Waals surface area contributed by atoms with Crippen LogP contribution in [0.25, 0.3) is 11.0 Å². The summed E-state index contributed by atoms with van der Waals surface area (Å²) >= 11 is 0. The highest BCUT2D eigenvalue weighted by Crippen LogP contribution is 2.19. The summed E-state index contributed by atoms with van der Waals surface area (Å²) in [4.78, 5) is 8.45. The van der Waals surface area contributed by atoms with Crippen LogP contribution in [0.3, 0.4) is 0 Å². The zero-order valence-electron chi connectivity index (χ0n) is 9.76. The van der Waals surface area contributed by atoms with Crippen LogP contribution in [0.1, 0.15) is 12.8 Å². The fourth-order valence-corrected chi connectivity index (χ4v) is 2.12. The van der Waals surface area contributed by atoms with Gasteiger partial charge in [-0.1, -0.05) is 0 Å². The molecule has 3 heterocycles. The van der Waals surface area contributed by atoms with Crippen molar-refractivity contribution in [1.82, 2.24) is 19.7 Å². The first-order valence-corrected chi connectivity index (χ1v) is 5.83. The first-order chi connectivity index (χ1) is 8.34. The lowest BCUT2D eigenvalue weighted by atomic mass is 10.2. The van der Waals surface area contributed by atoms with Crippen LogP contribution in [-0.2, 0) is 11.8 Å². The van der Waals surface area contributed by atoms with E-state index >= 15 is 0 Å². The van der Waals surface area contributed by atoms with Crippen molar-refractivity contribution in [3.05, 3.63) is 12.5 Å². The molecule has 1 aliphatic rings. The predicted molar refractivity (Wildman–Crippen MR) is 63.8 cm³/mol. The van der Waals surface area contributed by atoms with Crippen LogP contribution in [0.4, 0.5) is 5.82 Å². The maximum absolute atomic E-state index is 5.57. The molecule has 1 fully saturated rings. The van der Waals surface area contributed by atoms with Gasteiger partial charge in [-0.05, 0) is 12.8 Å². The van der Waals surface area contributed by atoms with Crippen molar-refractivity contribution in [2.75, 3.05) is 18.5 Å². The number of anilines is 1. The summed E-state index contributed by atoms with van der Waals surface area (Å²) in [6.45, 7) is 1.67. The van der Waals surface area contributed by atoms with Crippen molar-refractivity contribution >= 4 is 16.9 Å². The zero-order chi connectivity index (χ0) is 11.7. The van der Waals surface area contributed by atoms with Gasteiger partial charge in [-0.2, -0.15) is 5.10 Å². The molecule has 0 amide bonds. The molecule has 1 N–H and O–H groups in total. The summed E-state index contributed by atoms with van der Waals surface area (Å²) in [5.41, 5.74) is 0.842. The van der Waals surface area contributed by atoms with E-state index in [1.807, 2.05) is 7.05 Å². The quantitative estimate of drug-likeness (QED) is 0.855. The molecule has 90 valence electrons. The predicted octanol–water partition coefficient (Wildman–Crippen LogP) is 0.954. The third-order valence-electron chi connectivity index (χ3n) is 3.05. The fourth-order valence-electron chi connectivity index (χ4n) is 2.12. The Kier molecular flexibility index (Phi) is 2.64. The molecule has 0 spiro atoms. The second-order valence-electron chi connectivity index (χ2n) is 4.24. The number of ether oxygens (including phenoxy) is 1. The highest BCUT2D eigenvalue weighted by Gasteiger charge is 2.16. The van der Waals surface area contributed by atoms with E-state index in [0.717, 1.165) is 42.8 Å². The van der Waals surface area contributed by atoms with Gasteiger partial charge in [-0.3, -0.25) is 4.68 Å². The van der Waals surface area contributed by atoms with Crippen molar-refractivity contribution in [2.24, 2.45) is 7.05 Å². The van der Waals surface area contributed by atoms with Crippen LogP contribution in [0.15, 0.2) is 12.5 Å². The number of aromatic nitrogens is 4. The lowest BCUT2D eigenvalue weighted by Crippen LogP contribution is -2.19. The molecular weight excluding hydrogens is 218 g/mol. The molecule has 1 aliphatic heterocycles. The van der Waals surface area contributed by atoms with E-state index in [0.29, 0.717) is 6.10 Å². The van der Waals surface area contributed by atoms with Gasteiger partial charge in [0.1, 0.15) is 12.1 Å². The van der Waals surface area contributed by atoms with E-state index in [9.17, 15) is 0 Å². The molecule has 17 heavy (non-hydrogen) atoms. The maximum Gasteiger partial charge on any atom is 0.163 e. The van der Waals surface area contributed by atoms with Gasteiger partial charge in [0.2, 0.25) is 0 Å². The topological polar surface area (TPSA) is 64.9 Å². The number of hydrogen-bond acceptors (Lipinski definition) is 5. The maximum atomic E-state index is 5.57. The molecule has 0 aliphatic carbocycles. The second-order valence-corrected chi connectivity index (χ2v) is 4.24. The van der Waals surface area contributed by atoms with Gasteiger partial charge in [0.15, 0.2) is 5.65 Å². The average molecular weight is 233 g/mol. The minimum Gasteiger partial charge on any atom is -0.376 e. The number of nitrogens with zero attached hydrogens (tertiary/aromatic N) is 4. The van der Waals surface area contributed by atoms with Crippen LogP contribution in [-0.4, -0.2) is 39.0 Å². The normalized spacial score (nSPS) is 19.9. The molecule has 0 bridgehead atoms. The lowest BCUT2D eigenvalue weighted by Gasteiger charge is -2.11. The number of aryl methyl sites for hydroxylation is 1. The van der Waals surface area contributed by atoms with Gasteiger partial charge in [0.25, 0.3) is 0 Å². The summed E-state index contributed by atoms with van der Waals surface area (Å²) in [5.74, 6) is 0.832. The van der Waals surface area contributed by atoms with Crippen molar-refractivity contribution in [1.29, 1.82) is 0 Å². The van der Waals surface area contributed by atoms with Crippen LogP contribution >= 0.6 is 0 Å². The lowest BCUT2D eigenvalue weighted by molar-refractivity contribution is 0.120. The Hall–Kier alpha value is -1.69. The molecule has 6 nitrogen and oxygen atoms in total. The van der Waals surface area contributed by atoms with Gasteiger partial charge in [0, 0.05) is 20.2 Å². The Morgan fingerprint density at radius 3 is 3.29 bits per heavy atom. The van der Waals surface area contributed by atoms with Crippen LogP contribution in [0.5, 0.6) is 0 Å². The van der Waals surface area contributed by atoms with Gasteiger partial charge < -0.3 is 10.1 Å². The number of rotatable bonds is 3. The molecule has 3 rings (SSSR count).